The number of carbonyl (C=O) groups is 2. The maximum atomic E-state index is 13.8. The molecule has 3 aromatic carbocycles. The lowest BCUT2D eigenvalue weighted by Gasteiger charge is -2.32. The highest BCUT2D eigenvalue weighted by atomic mass is 32.2. The second-order valence-electron chi connectivity index (χ2n) is 7.38. The fourth-order valence-electron chi connectivity index (χ4n) is 3.57. The number of anilines is 1. The molecule has 0 aliphatic carbocycles. The van der Waals surface area contributed by atoms with Crippen LogP contribution in [-0.4, -0.2) is 27.4 Å². The summed E-state index contributed by atoms with van der Waals surface area (Å²) >= 11 is 1.06. The van der Waals surface area contributed by atoms with Crippen molar-refractivity contribution < 1.29 is 9.59 Å². The first-order valence-electron chi connectivity index (χ1n) is 10.0. The summed E-state index contributed by atoms with van der Waals surface area (Å²) in [7, 11) is 0. The van der Waals surface area contributed by atoms with Gasteiger partial charge >= 0.3 is 0 Å². The van der Waals surface area contributed by atoms with Crippen molar-refractivity contribution in [3.05, 3.63) is 96.1 Å². The Morgan fingerprint density at radius 3 is 2.22 bits per heavy atom. The molecular weight excluding hydrogens is 422 g/mol. The van der Waals surface area contributed by atoms with Crippen LogP contribution in [0, 0.1) is 6.92 Å². The Bertz CT molecular complexity index is 1240. The van der Waals surface area contributed by atoms with Gasteiger partial charge in [-0.2, -0.15) is 10.1 Å². The van der Waals surface area contributed by atoms with Crippen LogP contribution >= 0.6 is 11.8 Å². The first-order valence-corrected chi connectivity index (χ1v) is 10.8. The van der Waals surface area contributed by atoms with E-state index in [1.165, 1.54) is 5.01 Å². The van der Waals surface area contributed by atoms with Gasteiger partial charge in [0.25, 0.3) is 11.8 Å². The largest absolute Gasteiger partial charge is 0.280 e. The van der Waals surface area contributed by atoms with Crippen molar-refractivity contribution in [1.82, 2.24) is 10.9 Å². The van der Waals surface area contributed by atoms with Gasteiger partial charge in [0.15, 0.2) is 5.17 Å². The number of hydrazone groups is 1. The number of amides is 2. The molecule has 1 saturated heterocycles. The minimum atomic E-state index is -1.61. The molecule has 5 rings (SSSR count). The van der Waals surface area contributed by atoms with Crippen LogP contribution in [0.15, 0.2) is 95.0 Å². The summed E-state index contributed by atoms with van der Waals surface area (Å²) in [4.78, 5) is 31.6. The van der Waals surface area contributed by atoms with Crippen molar-refractivity contribution in [2.75, 3.05) is 5.01 Å². The lowest BCUT2D eigenvalue weighted by atomic mass is 9.95. The molecular formula is C24H19N5O2S. The van der Waals surface area contributed by atoms with Gasteiger partial charge in [-0.25, -0.2) is 4.99 Å². The van der Waals surface area contributed by atoms with E-state index in [-0.39, 0.29) is 0 Å². The Hall–Kier alpha value is -3.91. The summed E-state index contributed by atoms with van der Waals surface area (Å²) in [6.07, 6.45) is 0. The number of nitrogens with one attached hydrogen (secondary N) is 2. The molecule has 0 saturated carbocycles. The molecule has 2 aliphatic heterocycles. The molecule has 0 aromatic heterocycles. The SMILES string of the molecule is Cc1ccc(N=C2NNC(=O)C3(S2)C(=O)N(c2ccccc2)N=C3c2ccccc2)cc1. The number of nitrogens with zero attached hydrogens (tertiary/aromatic N) is 3. The Morgan fingerprint density at radius 2 is 1.53 bits per heavy atom. The summed E-state index contributed by atoms with van der Waals surface area (Å²) in [6.45, 7) is 2.00. The topological polar surface area (TPSA) is 86.2 Å². The summed E-state index contributed by atoms with van der Waals surface area (Å²) < 4.78 is -1.61. The maximum Gasteiger partial charge on any atom is 0.280 e. The number of benzene rings is 3. The number of hydrazine groups is 1. The smallest absolute Gasteiger partial charge is 0.276 e. The van der Waals surface area contributed by atoms with E-state index >= 15 is 0 Å². The van der Waals surface area contributed by atoms with Gasteiger partial charge in [-0.15, -0.1) is 0 Å². The predicted molar refractivity (Wildman–Crippen MR) is 127 cm³/mol. The number of aliphatic imine (C=N–C) groups is 1. The number of aryl methyl sites for hydroxylation is 1. The van der Waals surface area contributed by atoms with Crippen LogP contribution in [0.5, 0.6) is 0 Å². The van der Waals surface area contributed by atoms with Crippen LogP contribution in [0.1, 0.15) is 11.1 Å². The van der Waals surface area contributed by atoms with E-state index < -0.39 is 16.6 Å². The number of carbonyl (C=O) groups excluding carboxylic acids is 2. The van der Waals surface area contributed by atoms with Gasteiger partial charge in [0.05, 0.1) is 11.4 Å². The van der Waals surface area contributed by atoms with Crippen molar-refractivity contribution in [3.63, 3.8) is 0 Å². The van der Waals surface area contributed by atoms with Crippen molar-refractivity contribution >= 4 is 45.8 Å². The molecule has 1 fully saturated rings. The third-order valence-corrected chi connectivity index (χ3v) is 6.44. The second-order valence-corrected chi connectivity index (χ2v) is 8.59. The fraction of sp³-hybridized carbons (Fsp3) is 0.0833. The van der Waals surface area contributed by atoms with E-state index in [1.54, 1.807) is 12.1 Å². The van der Waals surface area contributed by atoms with Crippen LogP contribution < -0.4 is 15.9 Å². The van der Waals surface area contributed by atoms with Gasteiger partial charge in [0, 0.05) is 5.56 Å². The van der Waals surface area contributed by atoms with Crippen LogP contribution in [0.3, 0.4) is 0 Å². The molecule has 1 atom stereocenters. The molecule has 32 heavy (non-hydrogen) atoms. The highest BCUT2D eigenvalue weighted by molar-refractivity contribution is 8.17. The lowest BCUT2D eigenvalue weighted by Crippen LogP contribution is -2.64. The first kappa shape index (κ1) is 20.0. The molecule has 0 bridgehead atoms. The quantitative estimate of drug-likeness (QED) is 0.609. The number of thioether (sulfide) groups is 1. The summed E-state index contributed by atoms with van der Waals surface area (Å²) in [6, 6.07) is 26.0. The van der Waals surface area contributed by atoms with Crippen molar-refractivity contribution in [2.45, 2.75) is 11.7 Å². The van der Waals surface area contributed by atoms with Crippen molar-refractivity contribution in [2.24, 2.45) is 10.1 Å². The van der Waals surface area contributed by atoms with Crippen LogP contribution in [0.4, 0.5) is 11.4 Å². The van der Waals surface area contributed by atoms with E-state index in [0.29, 0.717) is 27.8 Å². The average Bonchev–Trinajstić information content (AvgIpc) is 3.12. The van der Waals surface area contributed by atoms with Crippen LogP contribution in [-0.2, 0) is 9.59 Å². The van der Waals surface area contributed by atoms with E-state index in [1.807, 2.05) is 79.7 Å². The number of hydrogen-bond acceptors (Lipinski definition) is 5. The zero-order valence-corrected chi connectivity index (χ0v) is 18.0. The van der Waals surface area contributed by atoms with Gasteiger partial charge in [-0.1, -0.05) is 78.0 Å². The monoisotopic (exact) mass is 441 g/mol. The van der Waals surface area contributed by atoms with Gasteiger partial charge < -0.3 is 0 Å². The van der Waals surface area contributed by atoms with Crippen LogP contribution in [0.25, 0.3) is 0 Å². The zero-order valence-electron chi connectivity index (χ0n) is 17.1. The molecule has 2 amide bonds. The van der Waals surface area contributed by atoms with E-state index in [0.717, 1.165) is 17.3 Å². The predicted octanol–water partition coefficient (Wildman–Crippen LogP) is 3.54. The van der Waals surface area contributed by atoms with Crippen molar-refractivity contribution in [1.29, 1.82) is 0 Å². The molecule has 158 valence electrons. The van der Waals surface area contributed by atoms with Gasteiger partial charge in [-0.05, 0) is 31.2 Å². The molecule has 1 spiro atoms. The molecule has 2 heterocycles. The van der Waals surface area contributed by atoms with Crippen molar-refractivity contribution in [3.8, 4) is 0 Å². The number of amidine groups is 1. The second kappa shape index (κ2) is 7.97. The van der Waals surface area contributed by atoms with E-state index in [9.17, 15) is 9.59 Å². The molecule has 2 aliphatic rings. The van der Waals surface area contributed by atoms with Crippen LogP contribution in [0.2, 0.25) is 0 Å². The number of rotatable bonds is 3. The summed E-state index contributed by atoms with van der Waals surface area (Å²) in [5.74, 6) is -0.931. The van der Waals surface area contributed by atoms with E-state index in [2.05, 4.69) is 20.9 Å². The average molecular weight is 442 g/mol. The Morgan fingerprint density at radius 1 is 0.875 bits per heavy atom. The molecule has 0 radical (unpaired) electrons. The lowest BCUT2D eigenvalue weighted by molar-refractivity contribution is -0.129. The van der Waals surface area contributed by atoms with E-state index in [4.69, 9.17) is 0 Å². The third-order valence-electron chi connectivity index (χ3n) is 5.19. The molecule has 2 N–H and O–H groups in total. The summed E-state index contributed by atoms with van der Waals surface area (Å²) in [5, 5.41) is 6.32. The minimum absolute atomic E-state index is 0.368. The molecule has 7 nitrogen and oxygen atoms in total. The highest BCUT2D eigenvalue weighted by Gasteiger charge is 2.61. The maximum absolute atomic E-state index is 13.8. The fourth-order valence-corrected chi connectivity index (χ4v) is 4.68. The molecule has 8 heteroatoms. The van der Waals surface area contributed by atoms with Gasteiger partial charge in [-0.3, -0.25) is 20.4 Å². The summed E-state index contributed by atoms with van der Waals surface area (Å²) in [5.41, 5.74) is 8.92. The normalized spacial score (nSPS) is 21.5. The zero-order chi connectivity index (χ0) is 22.1. The highest BCUT2D eigenvalue weighted by Crippen LogP contribution is 2.41. The molecule has 1 unspecified atom stereocenters. The molecule has 3 aromatic rings. The van der Waals surface area contributed by atoms with Gasteiger partial charge in [0.1, 0.15) is 5.71 Å². The Balaban J connectivity index is 1.62. The number of para-hydroxylation sites is 1. The number of hydrogen-bond donors (Lipinski definition) is 2. The standard InChI is InChI=1S/C24H19N5O2S/c1-16-12-14-18(15-13-16)25-23-27-26-21(30)24(32-23)20(17-8-4-2-5-9-17)28-29(22(24)31)19-10-6-3-7-11-19/h2-15H,1H3,(H,25,27)(H,26,30). The first-order chi connectivity index (χ1) is 15.6. The third kappa shape index (κ3) is 3.34. The minimum Gasteiger partial charge on any atom is -0.276 e. The van der Waals surface area contributed by atoms with Gasteiger partial charge in [0.2, 0.25) is 4.75 Å². The Labute approximate surface area is 189 Å². The Kier molecular flexibility index (Phi) is 4.99.